The van der Waals surface area contributed by atoms with Crippen LogP contribution in [0.2, 0.25) is 0 Å². The molecular weight excluding hydrogens is 576 g/mol. The monoisotopic (exact) mass is 611 g/mol. The number of rotatable bonds is 8. The minimum absolute atomic E-state index is 0.0259. The Kier molecular flexibility index (Phi) is 7.47. The molecule has 0 bridgehead atoms. The first-order chi connectivity index (χ1) is 20.4. The van der Waals surface area contributed by atoms with Gasteiger partial charge in [-0.3, -0.25) is 9.97 Å². The molecular formula is C30H35F2N7O3S. The summed E-state index contributed by atoms with van der Waals surface area (Å²) in [7, 11) is -1.55. The number of hydrogen-bond acceptors (Lipinski definition) is 9. The van der Waals surface area contributed by atoms with Gasteiger partial charge in [0, 0.05) is 72.5 Å². The lowest BCUT2D eigenvalue weighted by molar-refractivity contribution is -0.0449. The Labute approximate surface area is 249 Å². The van der Waals surface area contributed by atoms with E-state index < -0.39 is 21.8 Å². The number of nitrogens with zero attached hydrogens (tertiary/aromatic N) is 6. The summed E-state index contributed by atoms with van der Waals surface area (Å²) in [6, 6.07) is 6.20. The summed E-state index contributed by atoms with van der Waals surface area (Å²) in [6.07, 6.45) is 7.69. The Hall–Kier alpha value is -3.87. The number of anilines is 2. The molecule has 1 aliphatic carbocycles. The third-order valence-electron chi connectivity index (χ3n) is 8.59. The van der Waals surface area contributed by atoms with Crippen molar-refractivity contribution in [1.82, 2.24) is 24.7 Å². The molecule has 0 spiro atoms. The molecule has 0 radical (unpaired) electrons. The number of sulfone groups is 1. The van der Waals surface area contributed by atoms with Gasteiger partial charge in [-0.2, -0.15) is 5.10 Å². The highest BCUT2D eigenvalue weighted by molar-refractivity contribution is 7.90. The van der Waals surface area contributed by atoms with Gasteiger partial charge < -0.3 is 15.0 Å². The number of halogens is 2. The number of aryl methyl sites for hydroxylation is 1. The van der Waals surface area contributed by atoms with E-state index in [9.17, 15) is 17.2 Å². The molecule has 6 rings (SSSR count). The summed E-state index contributed by atoms with van der Waals surface area (Å²) < 4.78 is 60.8. The fourth-order valence-electron chi connectivity index (χ4n) is 6.16. The lowest BCUT2D eigenvalue weighted by atomic mass is 9.90. The number of ether oxygens (including phenoxy) is 1. The summed E-state index contributed by atoms with van der Waals surface area (Å²) >= 11 is 0. The van der Waals surface area contributed by atoms with Crippen molar-refractivity contribution in [2.75, 3.05) is 35.9 Å². The van der Waals surface area contributed by atoms with E-state index >= 15 is 0 Å². The first-order valence-corrected chi connectivity index (χ1v) is 16.4. The zero-order valence-electron chi connectivity index (χ0n) is 24.6. The Morgan fingerprint density at radius 1 is 1.16 bits per heavy atom. The predicted molar refractivity (Wildman–Crippen MR) is 162 cm³/mol. The van der Waals surface area contributed by atoms with Crippen molar-refractivity contribution in [3.63, 3.8) is 0 Å². The summed E-state index contributed by atoms with van der Waals surface area (Å²) in [4.78, 5) is 15.9. The Morgan fingerprint density at radius 3 is 2.70 bits per heavy atom. The standard InChI is InChI=1S/C30H35F2N7O3S/c1-18-22-15-34-39(25(22)13-24(35-18)23-14-33-10-8-26(23)42-3)29-12-21(38-16-20(19(38)2)17-43(4,40)41)11-28(37-29)36-27-7-5-6-9-30(27,31)32/h8,10-15,19-20,27H,5-7,9,16-17H2,1-4H3,(H,36,37)/t19-,20-,27?/m1/s1. The zero-order chi connectivity index (χ0) is 30.5. The minimum atomic E-state index is -3.14. The van der Waals surface area contributed by atoms with Crippen LogP contribution in [0.3, 0.4) is 0 Å². The van der Waals surface area contributed by atoms with Gasteiger partial charge in [-0.1, -0.05) is 6.42 Å². The van der Waals surface area contributed by atoms with Crippen LogP contribution in [-0.2, 0) is 9.84 Å². The molecule has 43 heavy (non-hydrogen) atoms. The van der Waals surface area contributed by atoms with Crippen LogP contribution in [0.4, 0.5) is 20.3 Å². The molecule has 1 saturated carbocycles. The van der Waals surface area contributed by atoms with E-state index in [-0.39, 0.29) is 24.1 Å². The van der Waals surface area contributed by atoms with E-state index in [4.69, 9.17) is 14.7 Å². The van der Waals surface area contributed by atoms with Gasteiger partial charge in [-0.05, 0) is 38.8 Å². The molecule has 2 aliphatic rings. The Bertz CT molecular complexity index is 1780. The zero-order valence-corrected chi connectivity index (χ0v) is 25.4. The third-order valence-corrected chi connectivity index (χ3v) is 9.62. The van der Waals surface area contributed by atoms with Gasteiger partial charge in [0.2, 0.25) is 0 Å². The second-order valence-corrected chi connectivity index (χ2v) is 13.9. The maximum Gasteiger partial charge on any atom is 0.267 e. The van der Waals surface area contributed by atoms with Gasteiger partial charge >= 0.3 is 0 Å². The highest BCUT2D eigenvalue weighted by atomic mass is 32.2. The van der Waals surface area contributed by atoms with E-state index in [1.807, 2.05) is 26.0 Å². The summed E-state index contributed by atoms with van der Waals surface area (Å²) in [6.45, 7) is 4.41. The summed E-state index contributed by atoms with van der Waals surface area (Å²) in [5.41, 5.74) is 3.61. The van der Waals surface area contributed by atoms with Crippen LogP contribution in [0.5, 0.6) is 5.75 Å². The molecule has 1 saturated heterocycles. The van der Waals surface area contributed by atoms with Crippen LogP contribution in [-0.4, -0.2) is 76.8 Å². The van der Waals surface area contributed by atoms with Crippen molar-refractivity contribution >= 4 is 32.2 Å². The van der Waals surface area contributed by atoms with Crippen molar-refractivity contribution in [1.29, 1.82) is 0 Å². The van der Waals surface area contributed by atoms with Crippen molar-refractivity contribution in [2.24, 2.45) is 5.92 Å². The number of aromatic nitrogens is 5. The second-order valence-electron chi connectivity index (χ2n) is 11.7. The molecule has 3 atom stereocenters. The van der Waals surface area contributed by atoms with Crippen LogP contribution in [0.1, 0.15) is 38.3 Å². The molecule has 4 aromatic rings. The van der Waals surface area contributed by atoms with Gasteiger partial charge in [0.1, 0.15) is 21.4 Å². The van der Waals surface area contributed by atoms with Gasteiger partial charge in [0.05, 0.1) is 41.9 Å². The van der Waals surface area contributed by atoms with E-state index in [1.165, 1.54) is 6.26 Å². The average Bonchev–Trinajstić information content (AvgIpc) is 3.40. The molecule has 2 fully saturated rings. The number of pyridine rings is 3. The van der Waals surface area contributed by atoms with Crippen LogP contribution in [0, 0.1) is 12.8 Å². The van der Waals surface area contributed by atoms with Crippen LogP contribution in [0.25, 0.3) is 28.0 Å². The average molecular weight is 612 g/mol. The first kappa shape index (κ1) is 29.2. The lowest BCUT2D eigenvalue weighted by Crippen LogP contribution is -2.57. The van der Waals surface area contributed by atoms with Crippen molar-refractivity contribution < 1.29 is 21.9 Å². The highest BCUT2D eigenvalue weighted by Crippen LogP contribution is 2.38. The Morgan fingerprint density at radius 2 is 1.98 bits per heavy atom. The van der Waals surface area contributed by atoms with Crippen molar-refractivity contribution in [2.45, 2.75) is 57.5 Å². The highest BCUT2D eigenvalue weighted by Gasteiger charge is 2.42. The van der Waals surface area contributed by atoms with Gasteiger partial charge in [0.25, 0.3) is 5.92 Å². The number of methoxy groups -OCH3 is 1. The van der Waals surface area contributed by atoms with Crippen LogP contribution in [0.15, 0.2) is 42.9 Å². The maximum atomic E-state index is 14.9. The summed E-state index contributed by atoms with van der Waals surface area (Å²) in [5, 5.41) is 8.49. The van der Waals surface area contributed by atoms with Gasteiger partial charge in [-0.25, -0.2) is 26.9 Å². The second kappa shape index (κ2) is 11.0. The molecule has 0 amide bonds. The molecule has 228 valence electrons. The van der Waals surface area contributed by atoms with Crippen molar-refractivity contribution in [3.05, 3.63) is 48.5 Å². The fourth-order valence-corrected chi connectivity index (χ4v) is 7.32. The van der Waals surface area contributed by atoms with E-state index in [0.717, 1.165) is 27.8 Å². The minimum Gasteiger partial charge on any atom is -0.496 e. The lowest BCUT2D eigenvalue weighted by Gasteiger charge is -2.48. The predicted octanol–water partition coefficient (Wildman–Crippen LogP) is 5.05. The maximum absolute atomic E-state index is 14.9. The van der Waals surface area contributed by atoms with Gasteiger partial charge in [-0.15, -0.1) is 0 Å². The van der Waals surface area contributed by atoms with E-state index in [1.54, 1.807) is 42.5 Å². The van der Waals surface area contributed by atoms with E-state index in [0.29, 0.717) is 48.9 Å². The van der Waals surface area contributed by atoms with Crippen LogP contribution >= 0.6 is 0 Å². The topological polar surface area (TPSA) is 115 Å². The first-order valence-electron chi connectivity index (χ1n) is 14.4. The van der Waals surface area contributed by atoms with Crippen LogP contribution < -0.4 is 15.0 Å². The largest absolute Gasteiger partial charge is 0.496 e. The molecule has 1 unspecified atom stereocenters. The third kappa shape index (κ3) is 5.74. The van der Waals surface area contributed by atoms with Crippen molar-refractivity contribution in [3.8, 4) is 22.8 Å². The molecule has 1 aliphatic heterocycles. The molecule has 0 aromatic carbocycles. The molecule has 13 heteroatoms. The number of alkyl halides is 2. The molecule has 1 N–H and O–H groups in total. The quantitative estimate of drug-likeness (QED) is 0.292. The number of hydrogen-bond donors (Lipinski definition) is 1. The number of nitrogens with one attached hydrogen (secondary N) is 1. The molecule has 5 heterocycles. The Balaban J connectivity index is 1.44. The number of fused-ring (bicyclic) bond motifs is 1. The SMILES string of the molecule is COc1ccncc1-c1cc2c(cnn2-c2cc(N3C[C@H](CS(C)(=O)=O)[C@H]3C)cc(NC3CCCCC3(F)F)n2)c(C)n1. The smallest absolute Gasteiger partial charge is 0.267 e. The molecule has 10 nitrogen and oxygen atoms in total. The fraction of sp³-hybridized carbons (Fsp3) is 0.467. The normalized spacial score (nSPS) is 21.9. The van der Waals surface area contributed by atoms with E-state index in [2.05, 4.69) is 20.3 Å². The van der Waals surface area contributed by atoms with Gasteiger partial charge in [0.15, 0.2) is 5.82 Å². The summed E-state index contributed by atoms with van der Waals surface area (Å²) in [5.74, 6) is -1.38. The molecule has 4 aromatic heterocycles.